The van der Waals surface area contributed by atoms with Crippen molar-refractivity contribution in [3.63, 3.8) is 0 Å². The van der Waals surface area contributed by atoms with Gasteiger partial charge in [0.1, 0.15) is 23.5 Å². The molecule has 5 nitrogen and oxygen atoms in total. The van der Waals surface area contributed by atoms with Gasteiger partial charge in [-0.3, -0.25) is 10.1 Å². The molecule has 3 aromatic rings. The van der Waals surface area contributed by atoms with Crippen LogP contribution in [-0.2, 0) is 4.74 Å². The molecule has 8 heteroatoms. The second kappa shape index (κ2) is 10.1. The zero-order chi connectivity index (χ0) is 21.5. The number of halogens is 2. The second-order valence-electron chi connectivity index (χ2n) is 6.47. The van der Waals surface area contributed by atoms with Crippen LogP contribution in [-0.4, -0.2) is 30.7 Å². The molecule has 156 valence electrons. The first kappa shape index (κ1) is 21.6. The number of amides is 1. The van der Waals surface area contributed by atoms with Crippen LogP contribution in [0.3, 0.4) is 0 Å². The van der Waals surface area contributed by atoms with E-state index < -0.39 is 11.6 Å². The lowest BCUT2D eigenvalue weighted by atomic mass is 10.1. The maximum atomic E-state index is 13.9. The number of ether oxygens (including phenoxy) is 2. The summed E-state index contributed by atoms with van der Waals surface area (Å²) in [7, 11) is 1.57. The lowest BCUT2D eigenvalue weighted by Gasteiger charge is -2.15. The van der Waals surface area contributed by atoms with E-state index in [2.05, 4.69) is 10.3 Å². The van der Waals surface area contributed by atoms with Crippen LogP contribution in [0.15, 0.2) is 48.0 Å². The monoisotopic (exact) mass is 430 g/mol. The van der Waals surface area contributed by atoms with Gasteiger partial charge < -0.3 is 9.47 Å². The van der Waals surface area contributed by atoms with E-state index in [-0.39, 0.29) is 17.6 Å². The number of benzene rings is 2. The highest BCUT2D eigenvalue weighted by Crippen LogP contribution is 2.23. The molecule has 2 aromatic carbocycles. The zero-order valence-electron chi connectivity index (χ0n) is 16.4. The molecule has 0 spiro atoms. The van der Waals surface area contributed by atoms with Crippen LogP contribution in [0.1, 0.15) is 28.4 Å². The molecule has 0 saturated heterocycles. The molecule has 3 rings (SSSR count). The Kier molecular flexibility index (Phi) is 7.26. The fourth-order valence-corrected chi connectivity index (χ4v) is 3.22. The number of aromatic nitrogens is 1. The summed E-state index contributed by atoms with van der Waals surface area (Å²) >= 11 is 1.30. The Morgan fingerprint density at radius 3 is 2.77 bits per heavy atom. The zero-order valence-corrected chi connectivity index (χ0v) is 17.2. The van der Waals surface area contributed by atoms with E-state index in [4.69, 9.17) is 9.47 Å². The Morgan fingerprint density at radius 2 is 2.07 bits per heavy atom. The number of hydrogen-bond acceptors (Lipinski definition) is 5. The summed E-state index contributed by atoms with van der Waals surface area (Å²) in [5, 5.41) is 4.96. The number of nitrogens with zero attached hydrogens (tertiary/aromatic N) is 1. The standard InChI is InChI=1S/C22H20F2N2O3S/c1-14(13-28-2)29-19-10-15(3-4-16-5-6-18(23)12-20(16)24)9-17(11-19)21(27)26-22-25-7-8-30-22/h3-12,14H,13H2,1-2H3,(H,25,26,27)/b4-3+/t14-/m0/s1. The third-order valence-corrected chi connectivity index (χ3v) is 4.69. The summed E-state index contributed by atoms with van der Waals surface area (Å²) in [6.45, 7) is 2.22. The van der Waals surface area contributed by atoms with Gasteiger partial charge >= 0.3 is 0 Å². The third kappa shape index (κ3) is 5.95. The summed E-state index contributed by atoms with van der Waals surface area (Å²) in [6.07, 6.45) is 4.50. The minimum Gasteiger partial charge on any atom is -0.488 e. The molecule has 1 heterocycles. The smallest absolute Gasteiger partial charge is 0.257 e. The van der Waals surface area contributed by atoms with Crippen molar-refractivity contribution in [2.24, 2.45) is 0 Å². The summed E-state index contributed by atoms with van der Waals surface area (Å²) in [5.74, 6) is -1.20. The van der Waals surface area contributed by atoms with E-state index in [0.717, 1.165) is 6.07 Å². The molecule has 0 aliphatic rings. The van der Waals surface area contributed by atoms with Crippen molar-refractivity contribution >= 4 is 34.5 Å². The highest BCUT2D eigenvalue weighted by molar-refractivity contribution is 7.13. The number of hydrogen-bond donors (Lipinski definition) is 1. The van der Waals surface area contributed by atoms with E-state index in [1.807, 2.05) is 6.92 Å². The lowest BCUT2D eigenvalue weighted by Crippen LogP contribution is -2.18. The number of carbonyl (C=O) groups excluding carboxylic acids is 1. The van der Waals surface area contributed by atoms with Crippen molar-refractivity contribution in [2.45, 2.75) is 13.0 Å². The van der Waals surface area contributed by atoms with Crippen LogP contribution in [0, 0.1) is 11.6 Å². The molecule has 1 atom stereocenters. The molecule has 0 unspecified atom stereocenters. The normalized spacial score (nSPS) is 12.1. The van der Waals surface area contributed by atoms with Crippen molar-refractivity contribution in [1.82, 2.24) is 4.98 Å². The van der Waals surface area contributed by atoms with Gasteiger partial charge in [-0.15, -0.1) is 11.3 Å². The molecular formula is C22H20F2N2O3S. The maximum absolute atomic E-state index is 13.9. The number of rotatable bonds is 8. The van der Waals surface area contributed by atoms with Crippen molar-refractivity contribution < 1.29 is 23.0 Å². The molecule has 0 bridgehead atoms. The van der Waals surface area contributed by atoms with Gasteiger partial charge in [-0.05, 0) is 42.8 Å². The summed E-state index contributed by atoms with van der Waals surface area (Å²) in [5.41, 5.74) is 1.20. The number of thiazole rings is 1. The largest absolute Gasteiger partial charge is 0.488 e. The third-order valence-electron chi connectivity index (χ3n) is 4.00. The van der Waals surface area contributed by atoms with Crippen LogP contribution >= 0.6 is 11.3 Å². The summed E-state index contributed by atoms with van der Waals surface area (Å²) in [6, 6.07) is 8.34. The Morgan fingerprint density at radius 1 is 1.23 bits per heavy atom. The molecular weight excluding hydrogens is 410 g/mol. The number of carbonyl (C=O) groups is 1. The summed E-state index contributed by atoms with van der Waals surface area (Å²) < 4.78 is 37.9. The van der Waals surface area contributed by atoms with Crippen molar-refractivity contribution in [2.75, 3.05) is 19.0 Å². The van der Waals surface area contributed by atoms with Crippen LogP contribution in [0.25, 0.3) is 12.2 Å². The van der Waals surface area contributed by atoms with E-state index in [1.54, 1.807) is 43.0 Å². The number of methoxy groups -OCH3 is 1. The van der Waals surface area contributed by atoms with Crippen LogP contribution in [0.4, 0.5) is 13.9 Å². The number of nitrogens with one attached hydrogen (secondary N) is 1. The minimum atomic E-state index is -0.672. The summed E-state index contributed by atoms with van der Waals surface area (Å²) in [4.78, 5) is 16.7. The molecule has 1 aromatic heterocycles. The highest BCUT2D eigenvalue weighted by Gasteiger charge is 2.12. The van der Waals surface area contributed by atoms with Gasteiger partial charge in [0.25, 0.3) is 5.91 Å². The van der Waals surface area contributed by atoms with Crippen molar-refractivity contribution in [3.8, 4) is 5.75 Å². The SMILES string of the molecule is COC[C@H](C)Oc1cc(/C=C/c2ccc(F)cc2F)cc(C(=O)Nc2nccs2)c1. The first-order valence-electron chi connectivity index (χ1n) is 9.09. The Hall–Kier alpha value is -3.10. The fraction of sp³-hybridized carbons (Fsp3) is 0.182. The van der Waals surface area contributed by atoms with E-state index in [1.165, 1.54) is 29.5 Å². The van der Waals surface area contributed by atoms with Gasteiger partial charge in [-0.2, -0.15) is 0 Å². The minimum absolute atomic E-state index is 0.226. The maximum Gasteiger partial charge on any atom is 0.257 e. The van der Waals surface area contributed by atoms with Crippen molar-refractivity contribution in [1.29, 1.82) is 0 Å². The van der Waals surface area contributed by atoms with Crippen LogP contribution in [0.2, 0.25) is 0 Å². The van der Waals surface area contributed by atoms with Crippen molar-refractivity contribution in [3.05, 3.63) is 76.3 Å². The van der Waals surface area contributed by atoms with Gasteiger partial charge in [0, 0.05) is 35.9 Å². The molecule has 0 saturated carbocycles. The highest BCUT2D eigenvalue weighted by atomic mass is 32.1. The van der Waals surface area contributed by atoms with Gasteiger partial charge in [-0.1, -0.05) is 12.2 Å². The van der Waals surface area contributed by atoms with Crippen LogP contribution < -0.4 is 10.1 Å². The predicted molar refractivity (Wildman–Crippen MR) is 114 cm³/mol. The van der Waals surface area contributed by atoms with Gasteiger partial charge in [0.2, 0.25) is 0 Å². The van der Waals surface area contributed by atoms with E-state index >= 15 is 0 Å². The molecule has 0 aliphatic carbocycles. The quantitative estimate of drug-likeness (QED) is 0.496. The van der Waals surface area contributed by atoms with Gasteiger partial charge in [0.05, 0.1) is 6.61 Å². The number of anilines is 1. The molecule has 0 radical (unpaired) electrons. The van der Waals surface area contributed by atoms with Gasteiger partial charge in [-0.25, -0.2) is 13.8 Å². The molecule has 30 heavy (non-hydrogen) atoms. The van der Waals surface area contributed by atoms with Crippen LogP contribution in [0.5, 0.6) is 5.75 Å². The molecule has 0 fully saturated rings. The first-order valence-corrected chi connectivity index (χ1v) is 9.97. The van der Waals surface area contributed by atoms with Gasteiger partial charge in [0.15, 0.2) is 5.13 Å². The molecule has 0 aliphatic heterocycles. The van der Waals surface area contributed by atoms with E-state index in [0.29, 0.717) is 28.6 Å². The average molecular weight is 430 g/mol. The topological polar surface area (TPSA) is 60.5 Å². The fourth-order valence-electron chi connectivity index (χ4n) is 2.70. The molecule has 1 N–H and O–H groups in total. The lowest BCUT2D eigenvalue weighted by molar-refractivity contribution is 0.0917. The average Bonchev–Trinajstić information content (AvgIpc) is 3.20. The molecule has 1 amide bonds. The van der Waals surface area contributed by atoms with E-state index in [9.17, 15) is 13.6 Å². The Labute approximate surface area is 177 Å². The predicted octanol–water partition coefficient (Wildman–Crippen LogP) is 5.26. The second-order valence-corrected chi connectivity index (χ2v) is 7.36. The Balaban J connectivity index is 1.89. The Bertz CT molecular complexity index is 1040. The first-order chi connectivity index (χ1) is 14.4.